The van der Waals surface area contributed by atoms with Gasteiger partial charge in [-0.2, -0.15) is 0 Å². The molecule has 4 aliphatic rings. The van der Waals surface area contributed by atoms with Gasteiger partial charge in [0.15, 0.2) is 11.4 Å². The first-order valence-electron chi connectivity index (χ1n) is 16.0. The van der Waals surface area contributed by atoms with Crippen LogP contribution >= 0.6 is 0 Å². The highest BCUT2D eigenvalue weighted by molar-refractivity contribution is 6.24. The SMILES string of the molecule is CCN(Cc1cc(O)c2c(c1N(C)C)C[C@H]1C[C@H]3[C@H](N(C)C)C(=O)C(C(N)=O)=C(O)[C@@]3(O)C(=O)C1=C2O)CC1(C)CCCCC1. The Kier molecular flexibility index (Phi) is 8.61. The molecule has 0 heterocycles. The number of ketones is 2. The third kappa shape index (κ3) is 5.22. The highest BCUT2D eigenvalue weighted by atomic mass is 16.3. The molecule has 5 rings (SSSR count). The molecule has 11 nitrogen and oxygen atoms in total. The molecule has 2 saturated carbocycles. The van der Waals surface area contributed by atoms with Gasteiger partial charge in [0.05, 0.1) is 11.6 Å². The summed E-state index contributed by atoms with van der Waals surface area (Å²) >= 11 is 0. The first-order chi connectivity index (χ1) is 21.1. The Bertz CT molecular complexity index is 1490. The van der Waals surface area contributed by atoms with Gasteiger partial charge in [-0.05, 0) is 74.8 Å². The largest absolute Gasteiger partial charge is 0.508 e. The smallest absolute Gasteiger partial charge is 0.255 e. The topological polar surface area (TPSA) is 168 Å². The number of primary amides is 1. The van der Waals surface area contributed by atoms with Crippen LogP contribution in [0.3, 0.4) is 0 Å². The molecule has 0 radical (unpaired) electrons. The Morgan fingerprint density at radius 1 is 1.07 bits per heavy atom. The maximum absolute atomic E-state index is 14.1. The van der Waals surface area contributed by atoms with Gasteiger partial charge < -0.3 is 31.1 Å². The number of nitrogens with zero attached hydrogens (tertiary/aromatic N) is 3. The fourth-order valence-corrected chi connectivity index (χ4v) is 8.67. The fraction of sp³-hybridized carbons (Fsp3) is 0.618. The van der Waals surface area contributed by atoms with E-state index in [0.29, 0.717) is 12.1 Å². The van der Waals surface area contributed by atoms with E-state index >= 15 is 0 Å². The van der Waals surface area contributed by atoms with Gasteiger partial charge in [0, 0.05) is 44.4 Å². The normalized spacial score (nSPS) is 27.9. The van der Waals surface area contributed by atoms with Crippen molar-refractivity contribution in [2.75, 3.05) is 46.2 Å². The fourth-order valence-electron chi connectivity index (χ4n) is 8.67. The number of Topliss-reactive ketones (excluding diaryl/α,β-unsaturated/α-hetero) is 2. The molecular weight excluding hydrogens is 576 g/mol. The Labute approximate surface area is 265 Å². The molecule has 0 unspecified atom stereocenters. The lowest BCUT2D eigenvalue weighted by atomic mass is 9.57. The van der Waals surface area contributed by atoms with E-state index in [4.69, 9.17) is 5.73 Å². The molecule has 0 aliphatic heterocycles. The van der Waals surface area contributed by atoms with Crippen LogP contribution in [0.25, 0.3) is 5.76 Å². The minimum Gasteiger partial charge on any atom is -0.508 e. The molecule has 45 heavy (non-hydrogen) atoms. The molecule has 2 fully saturated rings. The van der Waals surface area contributed by atoms with Crippen LogP contribution in [0.4, 0.5) is 5.69 Å². The van der Waals surface area contributed by atoms with Gasteiger partial charge in [0.2, 0.25) is 5.78 Å². The molecule has 0 bridgehead atoms. The number of rotatable bonds is 8. The zero-order chi connectivity index (χ0) is 33.2. The number of fused-ring (bicyclic) bond motifs is 3. The number of phenols is 1. The van der Waals surface area contributed by atoms with Crippen LogP contribution in [0.15, 0.2) is 23.0 Å². The number of aliphatic hydroxyl groups excluding tert-OH is 2. The predicted molar refractivity (Wildman–Crippen MR) is 171 cm³/mol. The van der Waals surface area contributed by atoms with E-state index < -0.39 is 58.0 Å². The third-order valence-electron chi connectivity index (χ3n) is 10.7. The molecule has 1 aromatic carbocycles. The van der Waals surface area contributed by atoms with Crippen molar-refractivity contribution in [2.45, 2.75) is 77.0 Å². The zero-order valence-corrected chi connectivity index (χ0v) is 27.3. The van der Waals surface area contributed by atoms with E-state index in [1.54, 1.807) is 20.2 Å². The third-order valence-corrected chi connectivity index (χ3v) is 10.7. The predicted octanol–water partition coefficient (Wildman–Crippen LogP) is 2.82. The number of hydrogen-bond donors (Lipinski definition) is 5. The quantitative estimate of drug-likeness (QED) is 0.271. The van der Waals surface area contributed by atoms with Gasteiger partial charge in [-0.25, -0.2) is 0 Å². The van der Waals surface area contributed by atoms with Crippen molar-refractivity contribution in [1.82, 2.24) is 9.80 Å². The van der Waals surface area contributed by atoms with Crippen LogP contribution < -0.4 is 10.6 Å². The van der Waals surface area contributed by atoms with Gasteiger partial charge in [0.25, 0.3) is 5.91 Å². The summed E-state index contributed by atoms with van der Waals surface area (Å²) in [5.74, 6) is -6.49. The van der Waals surface area contributed by atoms with Crippen molar-refractivity contribution in [3.05, 3.63) is 39.7 Å². The highest BCUT2D eigenvalue weighted by Crippen LogP contribution is 2.54. The molecule has 4 atom stereocenters. The van der Waals surface area contributed by atoms with Crippen LogP contribution in [0.1, 0.15) is 69.1 Å². The van der Waals surface area contributed by atoms with Gasteiger partial charge >= 0.3 is 0 Å². The number of carbonyl (C=O) groups excluding carboxylic acids is 3. The molecule has 0 saturated heterocycles. The summed E-state index contributed by atoms with van der Waals surface area (Å²) in [7, 11) is 7.00. The molecule has 11 heteroatoms. The van der Waals surface area contributed by atoms with Crippen molar-refractivity contribution in [3.63, 3.8) is 0 Å². The average molecular weight is 625 g/mol. The Morgan fingerprint density at radius 3 is 2.27 bits per heavy atom. The lowest BCUT2D eigenvalue weighted by Crippen LogP contribution is -2.65. The molecule has 1 amide bonds. The number of nitrogens with two attached hydrogens (primary N) is 1. The van der Waals surface area contributed by atoms with E-state index in [2.05, 4.69) is 18.7 Å². The van der Waals surface area contributed by atoms with E-state index in [9.17, 15) is 34.8 Å². The standard InChI is InChI=1S/C34H48N4O7/c1-7-38(17-33(2)11-9-8-10-12-33)16-19-15-22(39)24-20(26(19)36(3)4)13-18-14-21-27(37(5)6)29(41)25(32(35)44)31(43)34(21,45)30(42)23(18)28(24)40/h15,18,21,27,39-40,43,45H,7-14,16-17H2,1-6H3,(H2,35,44)/t18-,21-,27-,34-/m0/s1. The summed E-state index contributed by atoms with van der Waals surface area (Å²) in [4.78, 5) is 45.6. The molecular formula is C34H48N4O7. The number of hydrogen-bond acceptors (Lipinski definition) is 10. The lowest BCUT2D eigenvalue weighted by molar-refractivity contribution is -0.153. The number of anilines is 1. The maximum atomic E-state index is 14.1. The van der Waals surface area contributed by atoms with Crippen molar-refractivity contribution < 1.29 is 34.8 Å². The second-order valence-electron chi connectivity index (χ2n) is 14.3. The minimum absolute atomic E-state index is 0.0586. The number of amides is 1. The van der Waals surface area contributed by atoms with Crippen LogP contribution in [-0.4, -0.2) is 101 Å². The first kappa shape index (κ1) is 33.0. The second-order valence-corrected chi connectivity index (χ2v) is 14.3. The Morgan fingerprint density at radius 2 is 1.71 bits per heavy atom. The van der Waals surface area contributed by atoms with E-state index in [1.165, 1.54) is 37.0 Å². The van der Waals surface area contributed by atoms with Crippen LogP contribution in [-0.2, 0) is 27.3 Å². The summed E-state index contributed by atoms with van der Waals surface area (Å²) in [6.45, 7) is 6.85. The van der Waals surface area contributed by atoms with Crippen molar-refractivity contribution in [3.8, 4) is 5.75 Å². The molecule has 1 aromatic rings. The average Bonchev–Trinajstić information content (AvgIpc) is 2.94. The van der Waals surface area contributed by atoms with Crippen LogP contribution in [0, 0.1) is 17.3 Å². The lowest BCUT2D eigenvalue weighted by Gasteiger charge is -2.50. The number of aliphatic hydroxyl groups is 3. The highest BCUT2D eigenvalue weighted by Gasteiger charge is 2.64. The second kappa shape index (κ2) is 11.7. The van der Waals surface area contributed by atoms with E-state index in [0.717, 1.165) is 24.3 Å². The number of aromatic hydroxyl groups is 1. The number of benzene rings is 1. The van der Waals surface area contributed by atoms with E-state index in [1.807, 2.05) is 19.0 Å². The summed E-state index contributed by atoms with van der Waals surface area (Å²) in [6, 6.07) is 0.529. The number of carbonyl (C=O) groups is 3. The minimum atomic E-state index is -2.65. The van der Waals surface area contributed by atoms with Gasteiger partial charge in [-0.1, -0.05) is 33.1 Å². The van der Waals surface area contributed by atoms with Gasteiger partial charge in [-0.3, -0.25) is 24.2 Å². The molecule has 246 valence electrons. The summed E-state index contributed by atoms with van der Waals surface area (Å²) in [5.41, 5.74) is 4.58. The number of likely N-dealkylation sites (N-methyl/N-ethyl adjacent to an activating group) is 1. The van der Waals surface area contributed by atoms with Crippen LogP contribution in [0.2, 0.25) is 0 Å². The summed E-state index contributed by atoms with van der Waals surface area (Å²) in [6.07, 6.45) is 6.43. The van der Waals surface area contributed by atoms with Crippen LogP contribution in [0.5, 0.6) is 5.75 Å². The summed E-state index contributed by atoms with van der Waals surface area (Å²) in [5, 5.41) is 46.0. The van der Waals surface area contributed by atoms with Gasteiger partial charge in [0.1, 0.15) is 22.8 Å². The zero-order valence-electron chi connectivity index (χ0n) is 27.3. The van der Waals surface area contributed by atoms with Crippen molar-refractivity contribution >= 4 is 28.9 Å². The monoisotopic (exact) mass is 624 g/mol. The number of phenolic OH excluding ortho intramolecular Hbond substituents is 1. The van der Waals surface area contributed by atoms with Crippen molar-refractivity contribution in [1.29, 1.82) is 0 Å². The summed E-state index contributed by atoms with van der Waals surface area (Å²) < 4.78 is 0. The molecule has 0 spiro atoms. The van der Waals surface area contributed by atoms with Gasteiger partial charge in [-0.15, -0.1) is 0 Å². The molecule has 4 aliphatic carbocycles. The Balaban J connectivity index is 1.62. The Hall–Kier alpha value is -3.41. The molecule has 0 aromatic heterocycles. The maximum Gasteiger partial charge on any atom is 0.255 e. The molecule has 6 N–H and O–H groups in total. The van der Waals surface area contributed by atoms with E-state index in [-0.39, 0.29) is 35.1 Å². The first-order valence-corrected chi connectivity index (χ1v) is 16.0. The van der Waals surface area contributed by atoms with Crippen molar-refractivity contribution in [2.24, 2.45) is 23.0 Å².